The van der Waals surface area contributed by atoms with Crippen molar-refractivity contribution < 1.29 is 19.4 Å². The maximum Gasteiger partial charge on any atom is 0.293 e. The summed E-state index contributed by atoms with van der Waals surface area (Å²) in [5.74, 6) is 0.0305. The van der Waals surface area contributed by atoms with E-state index >= 15 is 0 Å². The molecule has 8 nitrogen and oxygen atoms in total. The highest BCUT2D eigenvalue weighted by Crippen LogP contribution is 2.49. The molecule has 0 radical (unpaired) electrons. The third kappa shape index (κ3) is 3.76. The lowest BCUT2D eigenvalue weighted by molar-refractivity contribution is -0.165. The summed E-state index contributed by atoms with van der Waals surface area (Å²) in [5, 5.41) is 18.7. The summed E-state index contributed by atoms with van der Waals surface area (Å²) in [4.78, 5) is 28.1. The highest BCUT2D eigenvalue weighted by atomic mass is 16.5. The van der Waals surface area contributed by atoms with E-state index in [1.54, 1.807) is 17.0 Å². The van der Waals surface area contributed by atoms with E-state index in [4.69, 9.17) is 4.74 Å². The Hall–Kier alpha value is -3.39. The van der Waals surface area contributed by atoms with Gasteiger partial charge < -0.3 is 14.7 Å². The Labute approximate surface area is 203 Å². The van der Waals surface area contributed by atoms with E-state index in [2.05, 4.69) is 47.1 Å². The number of ether oxygens (including phenoxy) is 1. The molecule has 8 heteroatoms. The zero-order valence-electron chi connectivity index (χ0n) is 20.1. The predicted molar refractivity (Wildman–Crippen MR) is 130 cm³/mol. The summed E-state index contributed by atoms with van der Waals surface area (Å²) in [7, 11) is 0. The minimum Gasteiger partial charge on any atom is -0.507 e. The second-order valence-corrected chi connectivity index (χ2v) is 10.9. The Kier molecular flexibility index (Phi) is 5.11. The molecule has 2 aliphatic heterocycles. The van der Waals surface area contributed by atoms with Gasteiger partial charge in [0.2, 0.25) is 0 Å². The van der Waals surface area contributed by atoms with Crippen LogP contribution in [0.4, 0.5) is 0 Å². The van der Waals surface area contributed by atoms with E-state index in [9.17, 15) is 14.7 Å². The van der Waals surface area contributed by atoms with Crippen LogP contribution in [0.1, 0.15) is 65.3 Å². The van der Waals surface area contributed by atoms with Crippen molar-refractivity contribution in [2.45, 2.75) is 58.3 Å². The smallest absolute Gasteiger partial charge is 0.293 e. The molecule has 2 fully saturated rings. The summed E-state index contributed by atoms with van der Waals surface area (Å²) in [6.07, 6.45) is 2.04. The number of aromatic nitrogens is 2. The number of aromatic amines is 1. The highest BCUT2D eigenvalue weighted by Gasteiger charge is 2.53. The number of carbonyl (C=O) groups is 2. The number of rotatable bonds is 6. The highest BCUT2D eigenvalue weighted by molar-refractivity contribution is 6.01. The maximum absolute atomic E-state index is 13.4. The van der Waals surface area contributed by atoms with Gasteiger partial charge in [0.1, 0.15) is 11.9 Å². The number of nitrogens with zero attached hydrogens (tertiary/aromatic N) is 3. The summed E-state index contributed by atoms with van der Waals surface area (Å²) < 4.78 is 5.06. The Balaban J connectivity index is 1.12. The number of H-pyrrole nitrogens is 1. The Morgan fingerprint density at radius 3 is 2.74 bits per heavy atom. The van der Waals surface area contributed by atoms with E-state index < -0.39 is 0 Å². The summed E-state index contributed by atoms with van der Waals surface area (Å²) >= 11 is 0. The first kappa shape index (κ1) is 22.1. The number of fused-ring (bicyclic) bond motifs is 2. The minimum absolute atomic E-state index is 0.0376. The van der Waals surface area contributed by atoms with Gasteiger partial charge >= 0.3 is 0 Å². The van der Waals surface area contributed by atoms with Crippen molar-refractivity contribution in [2.24, 2.45) is 5.41 Å². The molecule has 3 aliphatic rings. The lowest BCUT2D eigenvalue weighted by Crippen LogP contribution is -2.63. The van der Waals surface area contributed by atoms with Crippen LogP contribution >= 0.6 is 0 Å². The van der Waals surface area contributed by atoms with Gasteiger partial charge in [0.15, 0.2) is 0 Å². The van der Waals surface area contributed by atoms with Gasteiger partial charge in [-0.05, 0) is 41.5 Å². The van der Waals surface area contributed by atoms with Crippen molar-refractivity contribution in [1.29, 1.82) is 0 Å². The van der Waals surface area contributed by atoms with Gasteiger partial charge in [-0.25, -0.2) is 0 Å². The van der Waals surface area contributed by atoms with Crippen LogP contribution in [-0.2, 0) is 29.2 Å². The first-order chi connectivity index (χ1) is 16.8. The van der Waals surface area contributed by atoms with Crippen molar-refractivity contribution >= 4 is 23.3 Å². The zero-order valence-corrected chi connectivity index (χ0v) is 20.1. The Morgan fingerprint density at radius 2 is 2.00 bits per heavy atom. The van der Waals surface area contributed by atoms with E-state index in [1.165, 1.54) is 11.1 Å². The molecule has 1 saturated heterocycles. The number of likely N-dealkylation sites (tertiary alicyclic amines) is 1. The number of aromatic hydroxyl groups is 1. The van der Waals surface area contributed by atoms with E-state index in [0.717, 1.165) is 49.1 Å². The van der Waals surface area contributed by atoms with Crippen LogP contribution < -0.4 is 0 Å². The monoisotopic (exact) mass is 474 g/mol. The molecule has 1 spiro atoms. The van der Waals surface area contributed by atoms with Gasteiger partial charge in [-0.3, -0.25) is 19.6 Å². The standard InChI is InChI=1S/C27H30N4O4/c1-16(2)25-21-6-22(24(33)7-23(21)28-29-25)26(34)31-11-18-4-3-17(5-19(18)12-31)10-30-13-27(14-30)8-20(9-27)35-15-32/h3-7,15-16,20,33H,8-14H2,1-2H3,(H,28,29). The number of carbonyl (C=O) groups excluding carboxylic acids is 2. The lowest BCUT2D eigenvalue weighted by atomic mass is 9.61. The normalized spacial score (nSPS) is 19.1. The van der Waals surface area contributed by atoms with E-state index in [-0.39, 0.29) is 23.7 Å². The summed E-state index contributed by atoms with van der Waals surface area (Å²) in [6.45, 7) is 8.76. The average Bonchev–Trinajstić information content (AvgIpc) is 3.38. The summed E-state index contributed by atoms with van der Waals surface area (Å²) in [5.41, 5.74) is 5.85. The molecule has 2 N–H and O–H groups in total. The predicted octanol–water partition coefficient (Wildman–Crippen LogP) is 3.69. The van der Waals surface area contributed by atoms with Gasteiger partial charge in [-0.2, -0.15) is 5.10 Å². The molecule has 0 unspecified atom stereocenters. The molecular weight excluding hydrogens is 444 g/mol. The van der Waals surface area contributed by atoms with Crippen LogP contribution in [0.15, 0.2) is 30.3 Å². The molecule has 1 aliphatic carbocycles. The SMILES string of the molecule is CC(C)c1[nH]nc2cc(O)c(C(=O)N3Cc4ccc(CN5CC6(CC(OC=O)C6)C5)cc4C3)cc12. The molecule has 0 atom stereocenters. The number of amides is 1. The molecule has 6 rings (SSSR count). The van der Waals surface area contributed by atoms with Gasteiger partial charge in [-0.15, -0.1) is 0 Å². The fourth-order valence-electron chi connectivity index (χ4n) is 6.15. The molecule has 182 valence electrons. The summed E-state index contributed by atoms with van der Waals surface area (Å²) in [6, 6.07) is 9.83. The molecule has 3 aromatic rings. The molecule has 1 amide bonds. The van der Waals surface area contributed by atoms with Crippen molar-refractivity contribution in [3.63, 3.8) is 0 Å². The number of hydrogen-bond donors (Lipinski definition) is 2. The van der Waals surface area contributed by atoms with Gasteiger partial charge in [0.05, 0.1) is 11.1 Å². The second kappa shape index (κ2) is 8.09. The first-order valence-corrected chi connectivity index (χ1v) is 12.3. The topological polar surface area (TPSA) is 98.8 Å². The molecule has 3 heterocycles. The van der Waals surface area contributed by atoms with Crippen LogP contribution in [0.5, 0.6) is 5.75 Å². The zero-order chi connectivity index (χ0) is 24.3. The van der Waals surface area contributed by atoms with Crippen LogP contribution in [-0.4, -0.2) is 56.7 Å². The van der Waals surface area contributed by atoms with Crippen LogP contribution in [0, 0.1) is 5.41 Å². The van der Waals surface area contributed by atoms with Crippen LogP contribution in [0.25, 0.3) is 10.9 Å². The molecule has 1 aromatic heterocycles. The maximum atomic E-state index is 13.4. The van der Waals surface area contributed by atoms with Crippen molar-refractivity contribution in [3.05, 3.63) is 58.3 Å². The van der Waals surface area contributed by atoms with Gasteiger partial charge in [-0.1, -0.05) is 32.0 Å². The molecule has 35 heavy (non-hydrogen) atoms. The second-order valence-electron chi connectivity index (χ2n) is 10.9. The fourth-order valence-corrected chi connectivity index (χ4v) is 6.15. The largest absolute Gasteiger partial charge is 0.507 e. The van der Waals surface area contributed by atoms with Crippen molar-refractivity contribution in [2.75, 3.05) is 13.1 Å². The molecule has 1 saturated carbocycles. The minimum atomic E-state index is -0.167. The molecule has 0 bridgehead atoms. The van der Waals surface area contributed by atoms with E-state index in [1.807, 2.05) is 0 Å². The van der Waals surface area contributed by atoms with Gasteiger partial charge in [0, 0.05) is 55.3 Å². The average molecular weight is 475 g/mol. The van der Waals surface area contributed by atoms with Crippen LogP contribution in [0.2, 0.25) is 0 Å². The number of hydrogen-bond acceptors (Lipinski definition) is 6. The lowest BCUT2D eigenvalue weighted by Gasteiger charge is -2.58. The Morgan fingerprint density at radius 1 is 1.23 bits per heavy atom. The number of phenols is 1. The Bertz CT molecular complexity index is 1320. The van der Waals surface area contributed by atoms with Crippen molar-refractivity contribution in [1.82, 2.24) is 20.0 Å². The molecular formula is C27H30N4O4. The van der Waals surface area contributed by atoms with Gasteiger partial charge in [0.25, 0.3) is 12.4 Å². The van der Waals surface area contributed by atoms with E-state index in [0.29, 0.717) is 36.1 Å². The molecule has 2 aromatic carbocycles. The quantitative estimate of drug-likeness (QED) is 0.529. The third-order valence-electron chi connectivity index (χ3n) is 7.88. The number of phenolic OH excluding ortho intramolecular Hbond substituents is 1. The third-order valence-corrected chi connectivity index (χ3v) is 7.88. The van der Waals surface area contributed by atoms with Crippen LogP contribution in [0.3, 0.4) is 0 Å². The number of nitrogens with one attached hydrogen (secondary N) is 1. The number of benzene rings is 2. The van der Waals surface area contributed by atoms with Crippen molar-refractivity contribution in [3.8, 4) is 5.75 Å². The first-order valence-electron chi connectivity index (χ1n) is 12.3. The fraction of sp³-hybridized carbons (Fsp3) is 0.444.